The van der Waals surface area contributed by atoms with Crippen LogP contribution in [0.1, 0.15) is 26.7 Å². The Hall–Kier alpha value is 3.15. The molecule has 0 saturated heterocycles. The molecule has 0 aliphatic carbocycles. The molecule has 4 nitrogen and oxygen atoms in total. The van der Waals surface area contributed by atoms with Crippen molar-refractivity contribution in [1.29, 1.82) is 0 Å². The van der Waals surface area contributed by atoms with Crippen LogP contribution >= 0.6 is 0 Å². The predicted octanol–water partition coefficient (Wildman–Crippen LogP) is 0.131. The summed E-state index contributed by atoms with van der Waals surface area (Å²) in [5.74, 6) is 0. The van der Waals surface area contributed by atoms with Crippen molar-refractivity contribution in [2.45, 2.75) is 38.5 Å². The molecule has 7 heteroatoms. The first-order chi connectivity index (χ1) is 5.39. The summed E-state index contributed by atoms with van der Waals surface area (Å²) in [5, 5.41) is 0. The summed E-state index contributed by atoms with van der Waals surface area (Å²) in [6.07, 6.45) is 1.46. The summed E-state index contributed by atoms with van der Waals surface area (Å²) in [5.41, 5.74) is 20.1. The van der Waals surface area contributed by atoms with Crippen LogP contribution in [0.5, 0.6) is 0 Å². The van der Waals surface area contributed by atoms with E-state index in [9.17, 15) is 0 Å². The number of hydrogen-bond donors (Lipinski definition) is 4. The molecule has 16 heavy (non-hydrogen) atoms. The van der Waals surface area contributed by atoms with Gasteiger partial charge in [-0.1, -0.05) is 7.43 Å². The summed E-state index contributed by atoms with van der Waals surface area (Å²) < 4.78 is 0. The third-order valence-electron chi connectivity index (χ3n) is 1.26. The van der Waals surface area contributed by atoms with Gasteiger partial charge in [0.1, 0.15) is 0 Å². The van der Waals surface area contributed by atoms with Gasteiger partial charge in [-0.25, -0.2) is 0 Å². The van der Waals surface area contributed by atoms with Crippen LogP contribution in [0.15, 0.2) is 0 Å². The second-order valence-electron chi connectivity index (χ2n) is 2.69. The molecule has 0 unspecified atom stereocenters. The van der Waals surface area contributed by atoms with Gasteiger partial charge in [0.05, 0.1) is 0 Å². The summed E-state index contributed by atoms with van der Waals surface area (Å²) in [6.45, 7) is 10.5. The van der Waals surface area contributed by atoms with E-state index in [1.54, 1.807) is 0 Å². The minimum atomic E-state index is -0.639. The Balaban J connectivity index is -0.0000000258. The molecule has 0 heterocycles. The molecule has 93 valence electrons. The van der Waals surface area contributed by atoms with E-state index in [2.05, 4.69) is 20.8 Å². The average molecular weight is 456 g/mol. The molecule has 0 amide bonds. The van der Waals surface area contributed by atoms with Crippen LogP contribution in [0, 0.1) is 20.8 Å². The molecule has 3 radical (unpaired) electrons. The predicted molar refractivity (Wildman–Crippen MR) is 59.9 cm³/mol. The van der Waals surface area contributed by atoms with Gasteiger partial charge in [0.25, 0.3) is 0 Å². The fraction of sp³-hybridized carbons (Fsp3) is 0.667. The maximum absolute atomic E-state index is 5.37. The largest absolute Gasteiger partial charge is 0.341 e. The first kappa shape index (κ1) is 36.5. The molecule has 0 aliphatic heterocycles. The molecule has 0 aromatic heterocycles. The van der Waals surface area contributed by atoms with Crippen molar-refractivity contribution in [3.63, 3.8) is 0 Å². The van der Waals surface area contributed by atoms with Crippen LogP contribution in [-0.2, 0) is 98.1 Å². The van der Waals surface area contributed by atoms with Crippen LogP contribution in [0.25, 0.3) is 0 Å². The molecule has 0 spiro atoms. The minimum absolute atomic E-state index is 0. The van der Waals surface area contributed by atoms with E-state index < -0.39 is 5.66 Å². The topological polar surface area (TPSA) is 104 Å². The average Bonchev–Trinajstić information content (AvgIpc) is 2.05. The normalized spacial score (nSPS) is 8.25. The fourth-order valence-corrected chi connectivity index (χ4v) is 0.125. The number of rotatable bonds is 3. The number of nitrogens with two attached hydrogens (primary N) is 4. The van der Waals surface area contributed by atoms with Gasteiger partial charge >= 0.3 is 0 Å². The van der Waals surface area contributed by atoms with E-state index in [-0.39, 0.29) is 112 Å². The van der Waals surface area contributed by atoms with Gasteiger partial charge in [0, 0.05) is 110 Å². The van der Waals surface area contributed by atoms with Crippen molar-refractivity contribution in [2.75, 3.05) is 0 Å². The van der Waals surface area contributed by atoms with Crippen LogP contribution < -0.4 is 22.9 Å². The molecule has 0 aromatic rings. The third-order valence-corrected chi connectivity index (χ3v) is 1.26. The Morgan fingerprint density at radius 3 is 1.06 bits per heavy atom. The van der Waals surface area contributed by atoms with E-state index in [0.717, 1.165) is 0 Å². The zero-order chi connectivity index (χ0) is 10.2. The Morgan fingerprint density at radius 1 is 0.875 bits per heavy atom. The van der Waals surface area contributed by atoms with E-state index in [0.29, 0.717) is 19.3 Å². The summed E-state index contributed by atoms with van der Waals surface area (Å²) >= 11 is 0. The molecule has 0 rings (SSSR count). The molecule has 0 aromatic carbocycles. The van der Waals surface area contributed by atoms with Crippen molar-refractivity contribution < 1.29 is 98.1 Å². The molecule has 0 bridgehead atoms. The van der Waals surface area contributed by atoms with Gasteiger partial charge in [-0.05, 0) is 0 Å². The molecular formula is C9H25N4Y3-3. The van der Waals surface area contributed by atoms with E-state index in [1.165, 1.54) is 0 Å². The molecule has 8 N–H and O–H groups in total. The minimum Gasteiger partial charge on any atom is -0.341 e. The molecule has 0 atom stereocenters. The zero-order valence-corrected chi connectivity index (χ0v) is 17.9. The fourth-order valence-electron chi connectivity index (χ4n) is 0.125. The van der Waals surface area contributed by atoms with Gasteiger partial charge in [-0.3, -0.25) is 0 Å². The van der Waals surface area contributed by atoms with Crippen molar-refractivity contribution in [1.82, 2.24) is 0 Å². The second kappa shape index (κ2) is 23.3. The van der Waals surface area contributed by atoms with Crippen LogP contribution in [0.3, 0.4) is 0 Å². The quantitative estimate of drug-likeness (QED) is 0.358. The smallest absolute Gasteiger partial charge is 0.0241 e. The second-order valence-corrected chi connectivity index (χ2v) is 2.69. The Bertz CT molecular complexity index is 96.8. The van der Waals surface area contributed by atoms with Crippen LogP contribution in [-0.4, -0.2) is 11.8 Å². The SMILES string of the molecule is C.[CH2-]CC(N)(N)C[CH2-].[CH2-]CC(N)N.[Y].[Y].[Y]. The first-order valence-corrected chi connectivity index (χ1v) is 3.86. The Kier molecular flexibility index (Phi) is 53.0. The van der Waals surface area contributed by atoms with Gasteiger partial charge in [-0.15, -0.1) is 0 Å². The standard InChI is InChI=1S/C5H12N2.C3H9N2.CH4.3Y/c1-3-5(6,7)4-2;1-2-3(4)5;;;;/h1-4,6-7H2;3H,1-2,4-5H2;1H4;;;/q-2;-1;;;;. The molecule has 0 aliphatic rings. The molecule has 0 saturated carbocycles. The maximum atomic E-state index is 5.37. The maximum Gasteiger partial charge on any atom is 0.0241 e. The van der Waals surface area contributed by atoms with Crippen molar-refractivity contribution in [3.8, 4) is 0 Å². The van der Waals surface area contributed by atoms with Crippen LogP contribution in [0.2, 0.25) is 0 Å². The van der Waals surface area contributed by atoms with Gasteiger partial charge in [-0.2, -0.15) is 19.3 Å². The first-order valence-electron chi connectivity index (χ1n) is 3.86. The van der Waals surface area contributed by atoms with Crippen molar-refractivity contribution in [2.24, 2.45) is 22.9 Å². The van der Waals surface area contributed by atoms with E-state index in [1.807, 2.05) is 0 Å². The molecular weight excluding hydrogens is 431 g/mol. The monoisotopic (exact) mass is 456 g/mol. The van der Waals surface area contributed by atoms with Crippen molar-refractivity contribution >= 4 is 0 Å². The van der Waals surface area contributed by atoms with E-state index >= 15 is 0 Å². The summed E-state index contributed by atoms with van der Waals surface area (Å²) in [7, 11) is 0. The van der Waals surface area contributed by atoms with E-state index in [4.69, 9.17) is 22.9 Å². The Morgan fingerprint density at radius 2 is 1.06 bits per heavy atom. The van der Waals surface area contributed by atoms with Gasteiger partial charge < -0.3 is 43.7 Å². The van der Waals surface area contributed by atoms with Crippen molar-refractivity contribution in [3.05, 3.63) is 20.8 Å². The summed E-state index contributed by atoms with van der Waals surface area (Å²) in [6, 6.07) is 0. The summed E-state index contributed by atoms with van der Waals surface area (Å²) in [4.78, 5) is 0. The zero-order valence-electron chi connectivity index (χ0n) is 9.36. The van der Waals surface area contributed by atoms with Gasteiger partial charge in [0.15, 0.2) is 0 Å². The van der Waals surface area contributed by atoms with Crippen LogP contribution in [0.4, 0.5) is 0 Å². The Labute approximate surface area is 177 Å². The van der Waals surface area contributed by atoms with Gasteiger partial charge in [0.2, 0.25) is 0 Å². The molecule has 0 fully saturated rings. The third kappa shape index (κ3) is 36.0. The number of hydrogen-bond acceptors (Lipinski definition) is 4.